The van der Waals surface area contributed by atoms with E-state index in [0.29, 0.717) is 0 Å². The predicted octanol–water partition coefficient (Wildman–Crippen LogP) is -1.71. The van der Waals surface area contributed by atoms with Crippen LogP contribution in [0, 0.1) is 0 Å². The molecule has 1 heterocycles. The van der Waals surface area contributed by atoms with E-state index in [4.69, 9.17) is 5.73 Å². The molecule has 0 aliphatic rings. The van der Waals surface area contributed by atoms with E-state index in [0.717, 1.165) is 15.3 Å². The van der Waals surface area contributed by atoms with Gasteiger partial charge in [-0.2, -0.15) is 0 Å². The van der Waals surface area contributed by atoms with Crippen molar-refractivity contribution in [2.75, 3.05) is 0 Å². The Kier molecular flexibility index (Phi) is 2.93. The van der Waals surface area contributed by atoms with E-state index in [9.17, 15) is 19.5 Å². The van der Waals surface area contributed by atoms with Crippen molar-refractivity contribution in [1.82, 2.24) is 9.13 Å². The van der Waals surface area contributed by atoms with Gasteiger partial charge in [-0.05, 0) is 0 Å². The summed E-state index contributed by atoms with van der Waals surface area (Å²) in [6.45, 7) is 0. The summed E-state index contributed by atoms with van der Waals surface area (Å²) < 4.78 is 1.63. The number of carbonyl (C=O) groups is 1. The Morgan fingerprint density at radius 2 is 1.94 bits per heavy atom. The molecule has 1 rings (SSSR count). The molecule has 16 heavy (non-hydrogen) atoms. The minimum Gasteiger partial charge on any atom is -0.494 e. The van der Waals surface area contributed by atoms with Crippen LogP contribution in [0.2, 0.25) is 0 Å². The summed E-state index contributed by atoms with van der Waals surface area (Å²) in [5.41, 5.74) is 3.04. The van der Waals surface area contributed by atoms with Gasteiger partial charge in [-0.25, -0.2) is 14.6 Å². The molecule has 8 nitrogen and oxygen atoms in total. The molecule has 0 fully saturated rings. The minimum absolute atomic E-state index is 0.275. The molecule has 0 aliphatic heterocycles. The highest BCUT2D eigenvalue weighted by Crippen LogP contribution is 2.05. The lowest BCUT2D eigenvalue weighted by molar-refractivity contribution is 0.257. The van der Waals surface area contributed by atoms with Crippen LogP contribution in [-0.4, -0.2) is 26.5 Å². The number of aromatic hydroxyl groups is 1. The van der Waals surface area contributed by atoms with Crippen LogP contribution in [0.15, 0.2) is 14.6 Å². The molecular weight excluding hydrogens is 216 g/mol. The molecule has 0 aromatic carbocycles. The maximum absolute atomic E-state index is 11.5. The number of carbonyl (C=O) groups excluding carboxylic acids is 1. The van der Waals surface area contributed by atoms with Crippen molar-refractivity contribution in [3.8, 4) is 5.88 Å². The third-order valence-electron chi connectivity index (χ3n) is 1.99. The first-order valence-electron chi connectivity index (χ1n) is 4.18. The van der Waals surface area contributed by atoms with Crippen LogP contribution in [0.3, 0.4) is 0 Å². The number of primary amides is 1. The van der Waals surface area contributed by atoms with E-state index in [1.54, 1.807) is 0 Å². The highest BCUT2D eigenvalue weighted by atomic mass is 16.3. The van der Waals surface area contributed by atoms with Crippen molar-refractivity contribution >= 4 is 12.2 Å². The smallest absolute Gasteiger partial charge is 0.338 e. The number of hydrogen-bond donors (Lipinski definition) is 2. The van der Waals surface area contributed by atoms with Gasteiger partial charge in [0.1, 0.15) is 5.56 Å². The zero-order valence-electron chi connectivity index (χ0n) is 8.67. The van der Waals surface area contributed by atoms with Crippen molar-refractivity contribution in [2.24, 2.45) is 24.8 Å². The summed E-state index contributed by atoms with van der Waals surface area (Å²) in [5, 5.41) is 9.50. The second-order valence-electron chi connectivity index (χ2n) is 3.04. The Balaban J connectivity index is 3.59. The van der Waals surface area contributed by atoms with Gasteiger partial charge < -0.3 is 10.8 Å². The van der Waals surface area contributed by atoms with Crippen LogP contribution in [0.1, 0.15) is 5.56 Å². The number of hydrogen-bond acceptors (Lipinski definition) is 4. The zero-order valence-corrected chi connectivity index (χ0v) is 8.67. The number of urea groups is 1. The molecule has 2 amide bonds. The second-order valence-corrected chi connectivity index (χ2v) is 3.04. The van der Waals surface area contributed by atoms with E-state index >= 15 is 0 Å². The maximum Gasteiger partial charge on any atom is 0.338 e. The van der Waals surface area contributed by atoms with Crippen LogP contribution in [0.5, 0.6) is 5.88 Å². The molecule has 0 radical (unpaired) electrons. The Labute approximate surface area is 89.3 Å². The van der Waals surface area contributed by atoms with E-state index in [-0.39, 0.29) is 5.56 Å². The number of rotatable bonds is 1. The van der Waals surface area contributed by atoms with Gasteiger partial charge in [-0.1, -0.05) is 0 Å². The molecule has 0 spiro atoms. The highest BCUT2D eigenvalue weighted by Gasteiger charge is 2.12. The van der Waals surface area contributed by atoms with Gasteiger partial charge in [-0.3, -0.25) is 13.9 Å². The van der Waals surface area contributed by atoms with E-state index < -0.39 is 23.2 Å². The van der Waals surface area contributed by atoms with Crippen LogP contribution in [0.4, 0.5) is 4.79 Å². The van der Waals surface area contributed by atoms with Crippen molar-refractivity contribution < 1.29 is 9.90 Å². The summed E-state index contributed by atoms with van der Waals surface area (Å²) >= 11 is 0. The van der Waals surface area contributed by atoms with Gasteiger partial charge in [0.2, 0.25) is 5.88 Å². The standard InChI is InChI=1S/C8H10N4O4/c1-11-5(13)4(3-10-7(9)15)6(14)12(2)8(11)16/h3,13H,1-2H3,(H2,9,15). The molecule has 8 heteroatoms. The zero-order chi connectivity index (χ0) is 12.5. The van der Waals surface area contributed by atoms with Crippen LogP contribution >= 0.6 is 0 Å². The van der Waals surface area contributed by atoms with Gasteiger partial charge in [0.05, 0.1) is 6.21 Å². The van der Waals surface area contributed by atoms with Gasteiger partial charge in [0, 0.05) is 14.1 Å². The first-order chi connectivity index (χ1) is 7.36. The maximum atomic E-state index is 11.5. The number of amides is 2. The molecule has 0 saturated carbocycles. The Bertz CT molecular complexity index is 581. The van der Waals surface area contributed by atoms with Crippen molar-refractivity contribution in [1.29, 1.82) is 0 Å². The van der Waals surface area contributed by atoms with Crippen LogP contribution in [-0.2, 0) is 14.1 Å². The van der Waals surface area contributed by atoms with E-state index in [2.05, 4.69) is 4.99 Å². The third kappa shape index (κ3) is 1.85. The molecule has 1 aromatic rings. The second kappa shape index (κ2) is 4.01. The molecule has 0 atom stereocenters. The largest absolute Gasteiger partial charge is 0.494 e. The summed E-state index contributed by atoms with van der Waals surface area (Å²) in [4.78, 5) is 36.4. The average Bonchev–Trinajstić information content (AvgIpc) is 2.23. The monoisotopic (exact) mass is 226 g/mol. The number of nitrogens with two attached hydrogens (primary N) is 1. The van der Waals surface area contributed by atoms with Crippen molar-refractivity contribution in [2.45, 2.75) is 0 Å². The van der Waals surface area contributed by atoms with Crippen LogP contribution < -0.4 is 17.0 Å². The molecule has 0 aliphatic carbocycles. The Morgan fingerprint density at radius 1 is 1.38 bits per heavy atom. The first-order valence-corrected chi connectivity index (χ1v) is 4.18. The number of aromatic nitrogens is 2. The topological polar surface area (TPSA) is 120 Å². The lowest BCUT2D eigenvalue weighted by atomic mass is 10.3. The first kappa shape index (κ1) is 11.7. The van der Waals surface area contributed by atoms with Gasteiger partial charge in [0.25, 0.3) is 5.56 Å². The summed E-state index contributed by atoms with van der Waals surface area (Å²) in [6, 6.07) is -1.00. The van der Waals surface area contributed by atoms with E-state index in [1.165, 1.54) is 14.1 Å². The van der Waals surface area contributed by atoms with Gasteiger partial charge in [0.15, 0.2) is 0 Å². The van der Waals surface area contributed by atoms with Crippen molar-refractivity contribution in [3.05, 3.63) is 26.4 Å². The fraction of sp³-hybridized carbons (Fsp3) is 0.250. The molecular formula is C8H10N4O4. The lowest BCUT2D eigenvalue weighted by Gasteiger charge is -2.06. The fourth-order valence-electron chi connectivity index (χ4n) is 1.10. The summed E-state index contributed by atoms with van der Waals surface area (Å²) in [7, 11) is 2.52. The third-order valence-corrected chi connectivity index (χ3v) is 1.99. The predicted molar refractivity (Wildman–Crippen MR) is 55.8 cm³/mol. The quantitative estimate of drug-likeness (QED) is 0.554. The summed E-state index contributed by atoms with van der Waals surface area (Å²) in [5.74, 6) is -0.571. The average molecular weight is 226 g/mol. The SMILES string of the molecule is Cn1c(O)c(C=NC(N)=O)c(=O)n(C)c1=O. The van der Waals surface area contributed by atoms with E-state index in [1.807, 2.05) is 0 Å². The molecule has 0 bridgehead atoms. The van der Waals surface area contributed by atoms with Gasteiger partial charge >= 0.3 is 11.7 Å². The Hall–Kier alpha value is -2.38. The number of nitrogens with zero attached hydrogens (tertiary/aromatic N) is 3. The molecule has 86 valence electrons. The fourth-order valence-corrected chi connectivity index (χ4v) is 1.10. The highest BCUT2D eigenvalue weighted by molar-refractivity contribution is 5.91. The van der Waals surface area contributed by atoms with Crippen LogP contribution in [0.25, 0.3) is 0 Å². The minimum atomic E-state index is -1.00. The van der Waals surface area contributed by atoms with Gasteiger partial charge in [-0.15, -0.1) is 0 Å². The Morgan fingerprint density at radius 3 is 2.44 bits per heavy atom. The molecule has 3 N–H and O–H groups in total. The lowest BCUT2D eigenvalue weighted by Crippen LogP contribution is -2.38. The summed E-state index contributed by atoms with van der Waals surface area (Å²) in [6.07, 6.45) is 0.819. The molecule has 1 aromatic heterocycles. The number of aliphatic imine (C=N–C) groups is 1. The molecule has 0 unspecified atom stereocenters. The normalized spacial score (nSPS) is 10.9. The van der Waals surface area contributed by atoms with Crippen molar-refractivity contribution in [3.63, 3.8) is 0 Å². The molecule has 0 saturated heterocycles.